The zero-order chi connectivity index (χ0) is 14.1. The van der Waals surface area contributed by atoms with Crippen molar-refractivity contribution in [3.05, 3.63) is 56.2 Å². The molecule has 3 rings (SSSR count). The van der Waals surface area contributed by atoms with Crippen LogP contribution in [0.15, 0.2) is 23.0 Å². The highest BCUT2D eigenvalue weighted by Gasteiger charge is 2.17. The van der Waals surface area contributed by atoms with Gasteiger partial charge in [-0.2, -0.15) is 5.10 Å². The lowest BCUT2D eigenvalue weighted by atomic mass is 10.0. The van der Waals surface area contributed by atoms with E-state index in [1.165, 1.54) is 6.07 Å². The first kappa shape index (κ1) is 13.1. The van der Waals surface area contributed by atoms with Crippen LogP contribution in [0.3, 0.4) is 0 Å². The van der Waals surface area contributed by atoms with Crippen molar-refractivity contribution >= 4 is 17.3 Å². The molecule has 0 saturated heterocycles. The van der Waals surface area contributed by atoms with Crippen LogP contribution in [-0.2, 0) is 12.8 Å². The molecule has 0 amide bonds. The van der Waals surface area contributed by atoms with Gasteiger partial charge in [-0.15, -0.1) is 0 Å². The van der Waals surface area contributed by atoms with Gasteiger partial charge in [-0.25, -0.2) is 9.49 Å². The molecule has 4 nitrogen and oxygen atoms in total. The van der Waals surface area contributed by atoms with Gasteiger partial charge in [-0.3, -0.25) is 4.79 Å². The summed E-state index contributed by atoms with van der Waals surface area (Å²) in [5, 5.41) is 9.94. The van der Waals surface area contributed by atoms with Gasteiger partial charge in [0.1, 0.15) is 5.82 Å². The van der Waals surface area contributed by atoms with Crippen LogP contribution < -0.4 is 10.9 Å². The van der Waals surface area contributed by atoms with Gasteiger partial charge in [0.25, 0.3) is 5.56 Å². The highest BCUT2D eigenvalue weighted by atomic mass is 35.5. The second-order valence-corrected chi connectivity index (χ2v) is 5.22. The molecule has 2 aromatic rings. The van der Waals surface area contributed by atoms with E-state index in [-0.39, 0.29) is 10.6 Å². The first-order valence-corrected chi connectivity index (χ1v) is 6.81. The SMILES string of the molecule is O=c1[nH]nc(Cc2ccc(F)c(Cl)c2)c2c1CCCN2. The minimum atomic E-state index is -0.440. The minimum Gasteiger partial charge on any atom is -0.383 e. The van der Waals surface area contributed by atoms with Crippen molar-refractivity contribution in [1.82, 2.24) is 10.2 Å². The Morgan fingerprint density at radius 1 is 1.40 bits per heavy atom. The number of rotatable bonds is 2. The van der Waals surface area contributed by atoms with Crippen molar-refractivity contribution in [2.75, 3.05) is 11.9 Å². The number of nitrogens with one attached hydrogen (secondary N) is 2. The second kappa shape index (κ2) is 5.25. The van der Waals surface area contributed by atoms with Gasteiger partial charge in [-0.05, 0) is 30.5 Å². The summed E-state index contributed by atoms with van der Waals surface area (Å²) in [5.74, 6) is -0.440. The summed E-state index contributed by atoms with van der Waals surface area (Å²) in [6.07, 6.45) is 2.17. The summed E-state index contributed by atoms with van der Waals surface area (Å²) < 4.78 is 13.2. The molecule has 1 aliphatic heterocycles. The number of halogens is 2. The van der Waals surface area contributed by atoms with Crippen molar-refractivity contribution in [1.29, 1.82) is 0 Å². The number of aromatic nitrogens is 2. The molecular formula is C14H13ClFN3O. The Balaban J connectivity index is 1.98. The van der Waals surface area contributed by atoms with E-state index < -0.39 is 5.82 Å². The largest absolute Gasteiger partial charge is 0.383 e. The molecule has 0 atom stereocenters. The van der Waals surface area contributed by atoms with E-state index in [1.54, 1.807) is 12.1 Å². The first-order chi connectivity index (χ1) is 9.65. The van der Waals surface area contributed by atoms with E-state index in [1.807, 2.05) is 0 Å². The van der Waals surface area contributed by atoms with Crippen molar-refractivity contribution < 1.29 is 4.39 Å². The van der Waals surface area contributed by atoms with Crippen molar-refractivity contribution in [2.45, 2.75) is 19.3 Å². The third-order valence-corrected chi connectivity index (χ3v) is 3.71. The highest BCUT2D eigenvalue weighted by molar-refractivity contribution is 6.30. The Hall–Kier alpha value is -1.88. The normalized spacial score (nSPS) is 13.7. The van der Waals surface area contributed by atoms with E-state index in [9.17, 15) is 9.18 Å². The van der Waals surface area contributed by atoms with Crippen LogP contribution in [0, 0.1) is 5.82 Å². The molecule has 0 saturated carbocycles. The van der Waals surface area contributed by atoms with Gasteiger partial charge in [0.05, 0.1) is 16.4 Å². The van der Waals surface area contributed by atoms with Crippen LogP contribution in [0.25, 0.3) is 0 Å². The minimum absolute atomic E-state index is 0.0914. The molecule has 2 heterocycles. The number of hydrogen-bond acceptors (Lipinski definition) is 3. The summed E-state index contributed by atoms with van der Waals surface area (Å²) >= 11 is 5.78. The summed E-state index contributed by atoms with van der Waals surface area (Å²) in [6, 6.07) is 4.59. The van der Waals surface area contributed by atoms with Gasteiger partial charge in [0.15, 0.2) is 0 Å². The molecule has 0 unspecified atom stereocenters. The molecule has 1 aromatic carbocycles. The van der Waals surface area contributed by atoms with E-state index in [0.29, 0.717) is 6.42 Å². The Kier molecular flexibility index (Phi) is 3.44. The number of fused-ring (bicyclic) bond motifs is 1. The lowest BCUT2D eigenvalue weighted by Gasteiger charge is -2.19. The molecule has 6 heteroatoms. The quantitative estimate of drug-likeness (QED) is 0.894. The van der Waals surface area contributed by atoms with Crippen molar-refractivity contribution in [2.24, 2.45) is 0 Å². The van der Waals surface area contributed by atoms with Crippen LogP contribution >= 0.6 is 11.6 Å². The summed E-state index contributed by atoms with van der Waals surface area (Å²) in [5.41, 5.74) is 3.01. The van der Waals surface area contributed by atoms with Gasteiger partial charge in [0.2, 0.25) is 0 Å². The third kappa shape index (κ3) is 2.41. The van der Waals surface area contributed by atoms with Crippen LogP contribution in [0.2, 0.25) is 5.02 Å². The predicted molar refractivity (Wildman–Crippen MR) is 75.9 cm³/mol. The molecule has 0 fully saturated rings. The van der Waals surface area contributed by atoms with E-state index in [4.69, 9.17) is 11.6 Å². The van der Waals surface area contributed by atoms with E-state index in [2.05, 4.69) is 15.5 Å². The van der Waals surface area contributed by atoms with Gasteiger partial charge in [-0.1, -0.05) is 17.7 Å². The fraction of sp³-hybridized carbons (Fsp3) is 0.286. The summed E-state index contributed by atoms with van der Waals surface area (Å²) in [4.78, 5) is 11.7. The predicted octanol–water partition coefficient (Wildman–Crippen LogP) is 2.51. The zero-order valence-corrected chi connectivity index (χ0v) is 11.4. The van der Waals surface area contributed by atoms with E-state index >= 15 is 0 Å². The molecule has 20 heavy (non-hydrogen) atoms. The van der Waals surface area contributed by atoms with Gasteiger partial charge < -0.3 is 5.32 Å². The fourth-order valence-electron chi connectivity index (χ4n) is 2.43. The zero-order valence-electron chi connectivity index (χ0n) is 10.7. The van der Waals surface area contributed by atoms with Crippen LogP contribution in [-0.4, -0.2) is 16.7 Å². The molecule has 1 aliphatic rings. The Morgan fingerprint density at radius 3 is 3.05 bits per heavy atom. The molecule has 0 bridgehead atoms. The molecule has 104 valence electrons. The third-order valence-electron chi connectivity index (χ3n) is 3.42. The number of benzene rings is 1. The van der Waals surface area contributed by atoms with Crippen molar-refractivity contribution in [3.8, 4) is 0 Å². The number of nitrogens with zero attached hydrogens (tertiary/aromatic N) is 1. The maximum Gasteiger partial charge on any atom is 0.269 e. The fourth-order valence-corrected chi connectivity index (χ4v) is 2.63. The molecule has 0 spiro atoms. The molecular weight excluding hydrogens is 281 g/mol. The smallest absolute Gasteiger partial charge is 0.269 e. The van der Waals surface area contributed by atoms with Gasteiger partial charge >= 0.3 is 0 Å². The molecule has 0 aliphatic carbocycles. The van der Waals surface area contributed by atoms with Crippen LogP contribution in [0.5, 0.6) is 0 Å². The van der Waals surface area contributed by atoms with Crippen molar-refractivity contribution in [3.63, 3.8) is 0 Å². The number of H-pyrrole nitrogens is 1. The molecule has 2 N–H and O–H groups in total. The second-order valence-electron chi connectivity index (χ2n) is 4.81. The van der Waals surface area contributed by atoms with Gasteiger partial charge in [0, 0.05) is 18.5 Å². The number of hydrogen-bond donors (Lipinski definition) is 2. The first-order valence-electron chi connectivity index (χ1n) is 6.43. The summed E-state index contributed by atoms with van der Waals surface area (Å²) in [6.45, 7) is 0.829. The van der Waals surface area contributed by atoms with Crippen LogP contribution in [0.1, 0.15) is 23.2 Å². The highest BCUT2D eigenvalue weighted by Crippen LogP contribution is 2.24. The summed E-state index contributed by atoms with van der Waals surface area (Å²) in [7, 11) is 0. The Labute approximate surface area is 120 Å². The average Bonchev–Trinajstić information content (AvgIpc) is 2.46. The van der Waals surface area contributed by atoms with Crippen LogP contribution in [0.4, 0.5) is 10.1 Å². The maximum absolute atomic E-state index is 13.2. The molecule has 0 radical (unpaired) electrons. The lowest BCUT2D eigenvalue weighted by Crippen LogP contribution is -2.25. The average molecular weight is 294 g/mol. The standard InChI is InChI=1S/C14H13ClFN3O/c15-10-6-8(3-4-11(10)16)7-12-13-9(2-1-5-17-13)14(20)19-18-12/h3-4,6,17H,1-2,5,7H2,(H,19,20). The Bertz CT molecular complexity index is 714. The van der Waals surface area contributed by atoms with E-state index in [0.717, 1.165) is 41.9 Å². The topological polar surface area (TPSA) is 57.8 Å². The monoisotopic (exact) mass is 293 g/mol. The Morgan fingerprint density at radius 2 is 2.25 bits per heavy atom. The number of aromatic amines is 1. The number of anilines is 1. The lowest BCUT2D eigenvalue weighted by molar-refractivity contribution is 0.627. The molecule has 1 aromatic heterocycles. The maximum atomic E-state index is 13.2.